The van der Waals surface area contributed by atoms with Crippen LogP contribution in [0.1, 0.15) is 43.5 Å². The number of nitrogens with one attached hydrogen (secondary N) is 4. The Bertz CT molecular complexity index is 965. The van der Waals surface area contributed by atoms with Gasteiger partial charge >= 0.3 is 0 Å². The third-order valence-electron chi connectivity index (χ3n) is 5.71. The van der Waals surface area contributed by atoms with Crippen molar-refractivity contribution < 1.29 is 28.7 Å². The molecule has 1 aromatic rings. The summed E-state index contributed by atoms with van der Waals surface area (Å²) in [5, 5.41) is 10.8. The smallest absolute Gasteiger partial charge is 0.255 e. The summed E-state index contributed by atoms with van der Waals surface area (Å²) in [6.45, 7) is 4.86. The Kier molecular flexibility index (Phi) is 9.04. The standard InChI is InChI=1S/C24H33N5O6/c1-15(2)12-17-23(33)26-8-5-11-35-19-7-4-3-6-16(19)22(32)28-18(13-20(30)27-17)24(34)29-10-9-25-21(31)14-29/h3-4,6-7,15,17-18H,5,8-14H2,1-2H3,(H,25,31)(H,26,33)(H,27,30)(H,28,32)/t17-,18+/m1/s1. The molecule has 11 nitrogen and oxygen atoms in total. The maximum Gasteiger partial charge on any atom is 0.255 e. The number of piperazine rings is 1. The molecule has 0 aliphatic carbocycles. The highest BCUT2D eigenvalue weighted by Crippen LogP contribution is 2.19. The first-order valence-electron chi connectivity index (χ1n) is 11.9. The summed E-state index contributed by atoms with van der Waals surface area (Å²) >= 11 is 0. The van der Waals surface area contributed by atoms with E-state index in [-0.39, 0.29) is 56.0 Å². The van der Waals surface area contributed by atoms with Crippen molar-refractivity contribution in [2.75, 3.05) is 32.8 Å². The van der Waals surface area contributed by atoms with Crippen molar-refractivity contribution in [1.29, 1.82) is 0 Å². The van der Waals surface area contributed by atoms with Crippen LogP contribution in [0.15, 0.2) is 24.3 Å². The van der Waals surface area contributed by atoms with Crippen molar-refractivity contribution in [3.63, 3.8) is 0 Å². The minimum atomic E-state index is -1.23. The normalized spacial score (nSPS) is 22.4. The zero-order valence-corrected chi connectivity index (χ0v) is 20.1. The van der Waals surface area contributed by atoms with Gasteiger partial charge in [0.05, 0.1) is 25.1 Å². The summed E-state index contributed by atoms with van der Waals surface area (Å²) in [6, 6.07) is 4.60. The molecular formula is C24H33N5O6. The summed E-state index contributed by atoms with van der Waals surface area (Å²) in [6.07, 6.45) is 0.534. The van der Waals surface area contributed by atoms with Crippen LogP contribution in [0.4, 0.5) is 0 Å². The number of hydrogen-bond donors (Lipinski definition) is 4. The van der Waals surface area contributed by atoms with Crippen LogP contribution in [0.5, 0.6) is 5.75 Å². The van der Waals surface area contributed by atoms with Crippen molar-refractivity contribution in [3.8, 4) is 5.75 Å². The lowest BCUT2D eigenvalue weighted by molar-refractivity contribution is -0.141. The van der Waals surface area contributed by atoms with Gasteiger partial charge in [0.2, 0.25) is 23.6 Å². The Morgan fingerprint density at radius 2 is 1.83 bits per heavy atom. The third-order valence-corrected chi connectivity index (χ3v) is 5.71. The van der Waals surface area contributed by atoms with Gasteiger partial charge in [0.25, 0.3) is 5.91 Å². The van der Waals surface area contributed by atoms with Crippen LogP contribution in [0, 0.1) is 5.92 Å². The highest BCUT2D eigenvalue weighted by molar-refractivity contribution is 6.01. The number of carbonyl (C=O) groups excluding carboxylic acids is 5. The van der Waals surface area contributed by atoms with E-state index in [4.69, 9.17) is 4.74 Å². The van der Waals surface area contributed by atoms with Crippen molar-refractivity contribution in [3.05, 3.63) is 29.8 Å². The minimum Gasteiger partial charge on any atom is -0.493 e. The highest BCUT2D eigenvalue weighted by Gasteiger charge is 2.33. The number of fused-ring (bicyclic) bond motifs is 1. The van der Waals surface area contributed by atoms with Gasteiger partial charge in [-0.15, -0.1) is 0 Å². The van der Waals surface area contributed by atoms with Crippen LogP contribution < -0.4 is 26.0 Å². The molecule has 35 heavy (non-hydrogen) atoms. The molecule has 4 N–H and O–H groups in total. The van der Waals surface area contributed by atoms with Crippen molar-refractivity contribution >= 4 is 29.5 Å². The molecule has 1 aromatic carbocycles. The van der Waals surface area contributed by atoms with Gasteiger partial charge < -0.3 is 30.9 Å². The number of nitrogens with zero attached hydrogens (tertiary/aromatic N) is 1. The topological polar surface area (TPSA) is 146 Å². The molecule has 2 aliphatic heterocycles. The SMILES string of the molecule is CC(C)C[C@H]1NC(=O)C[C@@H](C(=O)N2CCNC(=O)C2)NC(=O)c2ccccc2OCCCNC1=O. The van der Waals surface area contributed by atoms with Crippen molar-refractivity contribution in [1.82, 2.24) is 26.2 Å². The maximum atomic E-state index is 13.3. The van der Waals surface area contributed by atoms with Gasteiger partial charge in [-0.1, -0.05) is 26.0 Å². The molecule has 11 heteroatoms. The van der Waals surface area contributed by atoms with Gasteiger partial charge in [-0.25, -0.2) is 0 Å². The number of ether oxygens (including phenoxy) is 1. The monoisotopic (exact) mass is 487 g/mol. The number of amides is 5. The fourth-order valence-electron chi connectivity index (χ4n) is 3.99. The number of carbonyl (C=O) groups is 5. The fraction of sp³-hybridized carbons (Fsp3) is 0.542. The lowest BCUT2D eigenvalue weighted by Gasteiger charge is -2.30. The van der Waals surface area contributed by atoms with Crippen LogP contribution in [-0.2, 0) is 19.2 Å². The molecule has 0 aromatic heterocycles. The van der Waals surface area contributed by atoms with E-state index in [9.17, 15) is 24.0 Å². The summed E-state index contributed by atoms with van der Waals surface area (Å²) in [4.78, 5) is 65.2. The average molecular weight is 488 g/mol. The second-order valence-electron chi connectivity index (χ2n) is 9.08. The van der Waals surface area contributed by atoms with E-state index in [0.717, 1.165) is 0 Å². The molecule has 1 saturated heterocycles. The molecule has 0 saturated carbocycles. The Hall–Kier alpha value is -3.63. The first kappa shape index (κ1) is 26.0. The summed E-state index contributed by atoms with van der Waals surface area (Å²) < 4.78 is 5.77. The Balaban J connectivity index is 1.88. The lowest BCUT2D eigenvalue weighted by atomic mass is 10.0. The predicted octanol–water partition coefficient (Wildman–Crippen LogP) is -0.437. The van der Waals surface area contributed by atoms with Crippen LogP contribution in [-0.4, -0.2) is 79.3 Å². The quantitative estimate of drug-likeness (QED) is 0.455. The maximum absolute atomic E-state index is 13.3. The molecule has 2 aliphatic rings. The van der Waals surface area contributed by atoms with Gasteiger partial charge in [-0.2, -0.15) is 0 Å². The number of rotatable bonds is 3. The minimum absolute atomic E-state index is 0.134. The summed E-state index contributed by atoms with van der Waals surface area (Å²) in [5.41, 5.74) is 0.221. The zero-order chi connectivity index (χ0) is 25.4. The molecule has 2 atom stereocenters. The van der Waals surface area contributed by atoms with E-state index in [2.05, 4.69) is 21.3 Å². The molecule has 0 unspecified atom stereocenters. The Labute approximate surface area is 204 Å². The molecule has 3 rings (SSSR count). The van der Waals surface area contributed by atoms with Crippen LogP contribution in [0.2, 0.25) is 0 Å². The third kappa shape index (κ3) is 7.43. The van der Waals surface area contributed by atoms with Gasteiger partial charge in [-0.3, -0.25) is 24.0 Å². The zero-order valence-electron chi connectivity index (χ0n) is 20.1. The molecular weight excluding hydrogens is 454 g/mol. The predicted molar refractivity (Wildman–Crippen MR) is 126 cm³/mol. The van der Waals surface area contributed by atoms with Gasteiger partial charge in [0, 0.05) is 19.6 Å². The largest absolute Gasteiger partial charge is 0.493 e. The molecule has 0 radical (unpaired) electrons. The molecule has 0 bridgehead atoms. The number of hydrogen-bond acceptors (Lipinski definition) is 6. The molecule has 5 amide bonds. The van der Waals surface area contributed by atoms with Crippen molar-refractivity contribution in [2.45, 2.75) is 45.2 Å². The van der Waals surface area contributed by atoms with E-state index in [1.807, 2.05) is 13.8 Å². The molecule has 0 spiro atoms. The summed E-state index contributed by atoms with van der Waals surface area (Å²) in [5.74, 6) is -1.84. The van der Waals surface area contributed by atoms with Gasteiger partial charge in [-0.05, 0) is 30.9 Å². The van der Waals surface area contributed by atoms with Gasteiger partial charge in [0.15, 0.2) is 0 Å². The average Bonchev–Trinajstić information content (AvgIpc) is 2.82. The molecule has 190 valence electrons. The second-order valence-corrected chi connectivity index (χ2v) is 9.08. The highest BCUT2D eigenvalue weighted by atomic mass is 16.5. The molecule has 1 fully saturated rings. The Morgan fingerprint density at radius 1 is 1.06 bits per heavy atom. The lowest BCUT2D eigenvalue weighted by Crippen LogP contribution is -2.57. The van der Waals surface area contributed by atoms with E-state index < -0.39 is 29.8 Å². The van der Waals surface area contributed by atoms with E-state index >= 15 is 0 Å². The fourth-order valence-corrected chi connectivity index (χ4v) is 3.99. The van der Waals surface area contributed by atoms with Crippen LogP contribution in [0.25, 0.3) is 0 Å². The summed E-state index contributed by atoms with van der Waals surface area (Å²) in [7, 11) is 0. The first-order valence-corrected chi connectivity index (χ1v) is 11.9. The van der Waals surface area contributed by atoms with Gasteiger partial charge in [0.1, 0.15) is 17.8 Å². The van der Waals surface area contributed by atoms with E-state index in [1.54, 1.807) is 24.3 Å². The number of para-hydroxylation sites is 1. The van der Waals surface area contributed by atoms with Crippen molar-refractivity contribution in [2.24, 2.45) is 5.92 Å². The van der Waals surface area contributed by atoms with Crippen LogP contribution in [0.3, 0.4) is 0 Å². The first-order chi connectivity index (χ1) is 16.7. The van der Waals surface area contributed by atoms with Crippen LogP contribution >= 0.6 is 0 Å². The van der Waals surface area contributed by atoms with E-state index in [1.165, 1.54) is 4.90 Å². The number of benzene rings is 1. The van der Waals surface area contributed by atoms with E-state index in [0.29, 0.717) is 25.1 Å². The second kappa shape index (κ2) is 12.2. The Morgan fingerprint density at radius 3 is 2.57 bits per heavy atom. The molecule has 2 heterocycles.